The zero-order valence-electron chi connectivity index (χ0n) is 10.5. The number of hydrogen-bond acceptors (Lipinski definition) is 1. The van der Waals surface area contributed by atoms with E-state index in [-0.39, 0.29) is 0 Å². The second kappa shape index (κ2) is 4.99. The van der Waals surface area contributed by atoms with Crippen LogP contribution in [0.15, 0.2) is 0 Å². The van der Waals surface area contributed by atoms with Crippen molar-refractivity contribution in [1.29, 1.82) is 0 Å². The van der Waals surface area contributed by atoms with Gasteiger partial charge in [-0.1, -0.05) is 13.8 Å². The molecule has 0 N–H and O–H groups in total. The highest BCUT2D eigenvalue weighted by Gasteiger charge is 2.31. The Hall–Kier alpha value is -0.0400. The lowest BCUT2D eigenvalue weighted by atomic mass is 9.90. The Kier molecular flexibility index (Phi) is 4.98. The molecule has 0 radical (unpaired) electrons. The van der Waals surface area contributed by atoms with Gasteiger partial charge in [0.2, 0.25) is 0 Å². The smallest absolute Gasteiger partial charge is 0.0181 e. The van der Waals surface area contributed by atoms with Crippen LogP contribution in [0.25, 0.3) is 0 Å². The van der Waals surface area contributed by atoms with Gasteiger partial charge in [0.25, 0.3) is 0 Å². The van der Waals surface area contributed by atoms with Crippen molar-refractivity contribution in [2.75, 3.05) is 0 Å². The van der Waals surface area contributed by atoms with Gasteiger partial charge in [0.05, 0.1) is 0 Å². The second-order valence-electron chi connectivity index (χ2n) is 4.80. The van der Waals surface area contributed by atoms with Gasteiger partial charge in [-0.25, -0.2) is 0 Å². The molecule has 0 unspecified atom stereocenters. The Morgan fingerprint density at radius 2 is 1.23 bits per heavy atom. The van der Waals surface area contributed by atoms with Crippen molar-refractivity contribution in [1.82, 2.24) is 4.90 Å². The van der Waals surface area contributed by atoms with Crippen LogP contribution in [0.2, 0.25) is 0 Å². The van der Waals surface area contributed by atoms with E-state index in [9.17, 15) is 0 Å². The van der Waals surface area contributed by atoms with E-state index in [0.29, 0.717) is 17.6 Å². The van der Waals surface area contributed by atoms with E-state index in [1.165, 1.54) is 12.8 Å². The fourth-order valence-electron chi connectivity index (χ4n) is 2.46. The van der Waals surface area contributed by atoms with Gasteiger partial charge in [-0.2, -0.15) is 0 Å². The Labute approximate surface area is 84.5 Å². The van der Waals surface area contributed by atoms with E-state index in [4.69, 9.17) is 0 Å². The van der Waals surface area contributed by atoms with Crippen molar-refractivity contribution in [3.63, 3.8) is 0 Å². The summed E-state index contributed by atoms with van der Waals surface area (Å²) in [4.78, 5) is 2.63. The molecular formula is C12H27N. The van der Waals surface area contributed by atoms with Crippen molar-refractivity contribution in [3.05, 3.63) is 0 Å². The van der Waals surface area contributed by atoms with Gasteiger partial charge in [0, 0.05) is 17.6 Å². The minimum Gasteiger partial charge on any atom is -0.293 e. The quantitative estimate of drug-likeness (QED) is 0.631. The number of rotatable bonds is 5. The summed E-state index contributed by atoms with van der Waals surface area (Å²) in [6, 6.07) is 1.29. The first kappa shape index (κ1) is 13.0. The molecule has 0 aromatic carbocycles. The molecule has 0 amide bonds. The molecule has 0 aromatic heterocycles. The molecule has 0 rings (SSSR count). The highest BCUT2D eigenvalue weighted by molar-refractivity contribution is 4.87. The molecule has 80 valence electrons. The van der Waals surface area contributed by atoms with Crippen LogP contribution < -0.4 is 0 Å². The van der Waals surface area contributed by atoms with E-state index in [0.717, 1.165) is 0 Å². The fourth-order valence-corrected chi connectivity index (χ4v) is 2.46. The highest BCUT2D eigenvalue weighted by Crippen LogP contribution is 2.27. The molecule has 0 aromatic rings. The summed E-state index contributed by atoms with van der Waals surface area (Å²) >= 11 is 0. The zero-order valence-corrected chi connectivity index (χ0v) is 10.5. The van der Waals surface area contributed by atoms with Crippen LogP contribution in [0, 0.1) is 0 Å². The molecule has 0 aliphatic heterocycles. The maximum atomic E-state index is 2.63. The van der Waals surface area contributed by atoms with Crippen LogP contribution in [0.1, 0.15) is 61.3 Å². The molecule has 0 bridgehead atoms. The van der Waals surface area contributed by atoms with E-state index in [1.807, 2.05) is 0 Å². The summed E-state index contributed by atoms with van der Waals surface area (Å²) in [6.07, 6.45) is 2.47. The molecule has 0 heterocycles. The summed E-state index contributed by atoms with van der Waals surface area (Å²) < 4.78 is 0. The van der Waals surface area contributed by atoms with Gasteiger partial charge in [-0.05, 0) is 47.5 Å². The summed E-state index contributed by atoms with van der Waals surface area (Å²) in [5, 5.41) is 0. The molecule has 0 fully saturated rings. The first-order valence-electron chi connectivity index (χ1n) is 5.67. The molecule has 0 saturated carbocycles. The Balaban J connectivity index is 4.69. The first-order valence-corrected chi connectivity index (χ1v) is 5.67. The topological polar surface area (TPSA) is 3.24 Å². The molecule has 0 aliphatic rings. The maximum absolute atomic E-state index is 2.63. The summed E-state index contributed by atoms with van der Waals surface area (Å²) in [5.41, 5.74) is 0.377. The average molecular weight is 185 g/mol. The molecular weight excluding hydrogens is 158 g/mol. The van der Waals surface area contributed by atoms with Gasteiger partial charge in [-0.15, -0.1) is 0 Å². The Bertz CT molecular complexity index is 126. The third-order valence-electron chi connectivity index (χ3n) is 3.26. The Morgan fingerprint density at radius 1 is 0.923 bits per heavy atom. The van der Waals surface area contributed by atoms with Gasteiger partial charge >= 0.3 is 0 Å². The lowest BCUT2D eigenvalue weighted by Gasteiger charge is -2.46. The molecule has 1 heteroatoms. The van der Waals surface area contributed by atoms with Crippen molar-refractivity contribution in [3.8, 4) is 0 Å². The van der Waals surface area contributed by atoms with Crippen LogP contribution in [-0.2, 0) is 0 Å². The Morgan fingerprint density at radius 3 is 1.31 bits per heavy atom. The van der Waals surface area contributed by atoms with Crippen molar-refractivity contribution >= 4 is 0 Å². The summed E-state index contributed by atoms with van der Waals surface area (Å²) in [7, 11) is 0. The van der Waals surface area contributed by atoms with Crippen molar-refractivity contribution < 1.29 is 0 Å². The van der Waals surface area contributed by atoms with Gasteiger partial charge in [0.1, 0.15) is 0 Å². The van der Waals surface area contributed by atoms with E-state index >= 15 is 0 Å². The lowest BCUT2D eigenvalue weighted by Crippen LogP contribution is -2.52. The van der Waals surface area contributed by atoms with Gasteiger partial charge < -0.3 is 0 Å². The SMILES string of the molecule is CCC(C)(CC)N(C(C)C)C(C)C. The van der Waals surface area contributed by atoms with Crippen LogP contribution >= 0.6 is 0 Å². The predicted octanol–water partition coefficient (Wildman–Crippen LogP) is 3.68. The van der Waals surface area contributed by atoms with Crippen LogP contribution in [0.3, 0.4) is 0 Å². The predicted molar refractivity (Wildman–Crippen MR) is 61.1 cm³/mol. The van der Waals surface area contributed by atoms with Crippen LogP contribution in [-0.4, -0.2) is 22.5 Å². The molecule has 0 saturated heterocycles. The second-order valence-corrected chi connectivity index (χ2v) is 4.80. The van der Waals surface area contributed by atoms with Crippen molar-refractivity contribution in [2.45, 2.75) is 78.9 Å². The monoisotopic (exact) mass is 185 g/mol. The van der Waals surface area contributed by atoms with Crippen molar-refractivity contribution in [2.24, 2.45) is 0 Å². The van der Waals surface area contributed by atoms with E-state index < -0.39 is 0 Å². The third kappa shape index (κ3) is 2.98. The van der Waals surface area contributed by atoms with Gasteiger partial charge in [-0.3, -0.25) is 4.90 Å². The largest absolute Gasteiger partial charge is 0.293 e. The summed E-state index contributed by atoms with van der Waals surface area (Å²) in [6.45, 7) is 16.1. The third-order valence-corrected chi connectivity index (χ3v) is 3.26. The molecule has 0 spiro atoms. The molecule has 0 atom stereocenters. The summed E-state index contributed by atoms with van der Waals surface area (Å²) in [5.74, 6) is 0. The minimum absolute atomic E-state index is 0.377. The van der Waals surface area contributed by atoms with Gasteiger partial charge in [0.15, 0.2) is 0 Å². The normalized spacial score (nSPS) is 13.4. The standard InChI is InChI=1S/C12H27N/c1-8-12(7,9-2)13(10(3)4)11(5)6/h10-11H,8-9H2,1-7H3. The zero-order chi connectivity index (χ0) is 10.6. The lowest BCUT2D eigenvalue weighted by molar-refractivity contribution is 0.0316. The van der Waals surface area contributed by atoms with Crippen LogP contribution in [0.4, 0.5) is 0 Å². The van der Waals surface area contributed by atoms with E-state index in [1.54, 1.807) is 0 Å². The molecule has 0 aliphatic carbocycles. The van der Waals surface area contributed by atoms with E-state index in [2.05, 4.69) is 53.4 Å². The fraction of sp³-hybridized carbons (Fsp3) is 1.00. The number of nitrogens with zero attached hydrogens (tertiary/aromatic N) is 1. The number of hydrogen-bond donors (Lipinski definition) is 0. The first-order chi connectivity index (χ1) is 5.89. The minimum atomic E-state index is 0.377. The highest BCUT2D eigenvalue weighted by atomic mass is 15.2. The molecule has 13 heavy (non-hydrogen) atoms. The maximum Gasteiger partial charge on any atom is 0.0181 e. The molecule has 1 nitrogen and oxygen atoms in total. The van der Waals surface area contributed by atoms with Crippen LogP contribution in [0.5, 0.6) is 0 Å². The average Bonchev–Trinajstić information content (AvgIpc) is 2.02.